The summed E-state index contributed by atoms with van der Waals surface area (Å²) in [5.41, 5.74) is -1.04. The molecule has 2 spiro atoms. The Balaban J connectivity index is 1.54. The number of benzene rings is 1. The molecular formula is C31H42O8. The number of hydrogen-bond donors (Lipinski definition) is 2. The summed E-state index contributed by atoms with van der Waals surface area (Å²) >= 11 is 0. The Hall–Kier alpha value is -1.97. The fraction of sp³-hybridized carbons (Fsp3) is 0.710. The first-order valence-corrected chi connectivity index (χ1v) is 14.2. The topological polar surface area (TPSA) is 104 Å². The Labute approximate surface area is 230 Å². The average Bonchev–Trinajstić information content (AvgIpc) is 3.37. The van der Waals surface area contributed by atoms with Gasteiger partial charge in [0.25, 0.3) is 0 Å². The molecule has 5 aliphatic rings. The second-order valence-corrected chi connectivity index (χ2v) is 13.5. The summed E-state index contributed by atoms with van der Waals surface area (Å²) in [4.78, 5) is 13.1. The molecule has 2 aliphatic heterocycles. The van der Waals surface area contributed by atoms with E-state index in [1.807, 2.05) is 71.9 Å². The van der Waals surface area contributed by atoms with Crippen molar-refractivity contribution in [3.05, 3.63) is 47.0 Å². The minimum atomic E-state index is -1.22. The number of aliphatic hydroxyl groups excluding tert-OH is 2. The first-order chi connectivity index (χ1) is 18.3. The van der Waals surface area contributed by atoms with E-state index in [2.05, 4.69) is 0 Å². The quantitative estimate of drug-likeness (QED) is 0.420. The molecule has 0 unspecified atom stereocenters. The van der Waals surface area contributed by atoms with E-state index in [1.165, 1.54) is 0 Å². The monoisotopic (exact) mass is 542 g/mol. The highest BCUT2D eigenvalue weighted by Crippen LogP contribution is 2.66. The summed E-state index contributed by atoms with van der Waals surface area (Å²) < 4.78 is 31.9. The maximum Gasteiger partial charge on any atom is 0.509 e. The number of carbonyl (C=O) groups excluding carboxylic acids is 1. The minimum Gasteiger partial charge on any atom is -0.426 e. The molecule has 3 aliphatic carbocycles. The van der Waals surface area contributed by atoms with Crippen molar-refractivity contribution in [2.24, 2.45) is 16.7 Å². The number of rotatable bonds is 3. The molecule has 1 aromatic rings. The van der Waals surface area contributed by atoms with Crippen LogP contribution in [0.4, 0.5) is 4.79 Å². The van der Waals surface area contributed by atoms with E-state index in [0.29, 0.717) is 32.3 Å². The molecular weight excluding hydrogens is 500 g/mol. The molecule has 2 N–H and O–H groups in total. The van der Waals surface area contributed by atoms with Gasteiger partial charge in [-0.05, 0) is 57.6 Å². The number of aliphatic hydroxyl groups is 2. The van der Waals surface area contributed by atoms with E-state index < -0.39 is 64.3 Å². The van der Waals surface area contributed by atoms with Crippen molar-refractivity contribution in [2.45, 2.75) is 115 Å². The predicted molar refractivity (Wildman–Crippen MR) is 142 cm³/mol. The summed E-state index contributed by atoms with van der Waals surface area (Å²) in [6, 6.07) is 9.91. The summed E-state index contributed by atoms with van der Waals surface area (Å²) in [5.74, 6) is -1.43. The maximum atomic E-state index is 13.1. The van der Waals surface area contributed by atoms with Crippen LogP contribution < -0.4 is 0 Å². The van der Waals surface area contributed by atoms with Gasteiger partial charge in [0.2, 0.25) is 0 Å². The lowest BCUT2D eigenvalue weighted by Gasteiger charge is -2.63. The largest absolute Gasteiger partial charge is 0.509 e. The first-order valence-electron chi connectivity index (χ1n) is 14.2. The number of ether oxygens (including phenoxy) is 5. The Morgan fingerprint density at radius 2 is 1.77 bits per heavy atom. The van der Waals surface area contributed by atoms with Crippen LogP contribution in [0.2, 0.25) is 0 Å². The average molecular weight is 543 g/mol. The lowest BCUT2D eigenvalue weighted by molar-refractivity contribution is -0.283. The van der Waals surface area contributed by atoms with Crippen molar-refractivity contribution in [3.63, 3.8) is 0 Å². The lowest BCUT2D eigenvalue weighted by atomic mass is 9.45. The summed E-state index contributed by atoms with van der Waals surface area (Å²) in [5, 5.41) is 24.3. The molecule has 2 saturated carbocycles. The van der Waals surface area contributed by atoms with E-state index in [-0.39, 0.29) is 6.61 Å². The van der Waals surface area contributed by atoms with E-state index in [1.54, 1.807) is 0 Å². The molecule has 0 aromatic heterocycles. The zero-order chi connectivity index (χ0) is 28.0. The van der Waals surface area contributed by atoms with Crippen molar-refractivity contribution in [1.82, 2.24) is 0 Å². The normalized spacial score (nSPS) is 44.2. The molecule has 1 aromatic carbocycles. The first kappa shape index (κ1) is 27.2. The van der Waals surface area contributed by atoms with Gasteiger partial charge in [0.15, 0.2) is 17.5 Å². The number of allylic oxidation sites excluding steroid dienone is 1. The van der Waals surface area contributed by atoms with Crippen LogP contribution >= 0.6 is 0 Å². The van der Waals surface area contributed by atoms with Gasteiger partial charge in [-0.1, -0.05) is 56.7 Å². The standard InChI is InChI=1S/C31H42O8/c1-18-12-15-31-25(37-26(34)38-31)23-29(6,24(33)22(32)21(18)27(31,2)3)20(35-16-19-10-8-7-9-11-19)13-14-30(23)17-36-28(4,5)39-30/h7-11,20,22-25,32-33H,12-17H2,1-6H3/t20-,22+,23-,24+,25-,29+,30+,31+/m0/s1. The van der Waals surface area contributed by atoms with Crippen molar-refractivity contribution >= 4 is 6.16 Å². The Kier molecular flexibility index (Phi) is 6.11. The van der Waals surface area contributed by atoms with Crippen molar-refractivity contribution < 1.29 is 38.7 Å². The van der Waals surface area contributed by atoms with E-state index in [4.69, 9.17) is 23.7 Å². The SMILES string of the molecule is CC1=C2[C@@H](O)[C@@H](O)[C@]3(C)[C@@H](OCc4ccccc4)CC[C@@]4(COC(C)(C)O4)[C@H]3[C@@H]3OC(=O)O[C@@]3(CC1)C2(C)C. The molecule has 2 saturated heterocycles. The summed E-state index contributed by atoms with van der Waals surface area (Å²) in [6.45, 7) is 12.3. The van der Waals surface area contributed by atoms with Crippen LogP contribution in [0.3, 0.4) is 0 Å². The Morgan fingerprint density at radius 1 is 1.05 bits per heavy atom. The Bertz CT molecular complexity index is 1180. The molecule has 214 valence electrons. The molecule has 8 nitrogen and oxygen atoms in total. The van der Waals surface area contributed by atoms with Crippen molar-refractivity contribution in [2.75, 3.05) is 6.61 Å². The van der Waals surface area contributed by atoms with Crippen LogP contribution in [0.25, 0.3) is 0 Å². The zero-order valence-corrected chi connectivity index (χ0v) is 23.9. The minimum absolute atomic E-state index is 0.279. The Morgan fingerprint density at radius 3 is 2.44 bits per heavy atom. The highest BCUT2D eigenvalue weighted by Gasteiger charge is 2.76. The number of fused-ring (bicyclic) bond motifs is 4. The highest BCUT2D eigenvalue weighted by atomic mass is 16.8. The van der Waals surface area contributed by atoms with Gasteiger partial charge in [-0.2, -0.15) is 0 Å². The molecule has 2 bridgehead atoms. The van der Waals surface area contributed by atoms with Gasteiger partial charge in [-0.25, -0.2) is 4.79 Å². The third-order valence-corrected chi connectivity index (χ3v) is 10.7. The fourth-order valence-electron chi connectivity index (χ4n) is 8.89. The van der Waals surface area contributed by atoms with Gasteiger partial charge in [-0.15, -0.1) is 0 Å². The van der Waals surface area contributed by atoms with Crippen LogP contribution in [0.15, 0.2) is 41.5 Å². The van der Waals surface area contributed by atoms with Gasteiger partial charge in [0, 0.05) is 16.7 Å². The lowest BCUT2D eigenvalue weighted by Crippen LogP contribution is -2.74. The van der Waals surface area contributed by atoms with Crippen molar-refractivity contribution in [1.29, 1.82) is 0 Å². The van der Waals surface area contributed by atoms with Crippen LogP contribution in [0, 0.1) is 16.7 Å². The number of carbonyl (C=O) groups is 1. The van der Waals surface area contributed by atoms with Gasteiger partial charge < -0.3 is 33.9 Å². The van der Waals surface area contributed by atoms with Crippen LogP contribution in [-0.2, 0) is 30.3 Å². The summed E-state index contributed by atoms with van der Waals surface area (Å²) in [7, 11) is 0. The van der Waals surface area contributed by atoms with E-state index >= 15 is 0 Å². The van der Waals surface area contributed by atoms with Crippen LogP contribution in [0.5, 0.6) is 0 Å². The zero-order valence-electron chi connectivity index (χ0n) is 23.9. The summed E-state index contributed by atoms with van der Waals surface area (Å²) in [6.07, 6.45) is -1.96. The van der Waals surface area contributed by atoms with E-state index in [0.717, 1.165) is 16.7 Å². The molecule has 6 rings (SSSR count). The molecule has 8 atom stereocenters. The molecule has 4 fully saturated rings. The molecule has 39 heavy (non-hydrogen) atoms. The fourth-order valence-corrected chi connectivity index (χ4v) is 8.89. The highest BCUT2D eigenvalue weighted by molar-refractivity contribution is 5.65. The van der Waals surface area contributed by atoms with Gasteiger partial charge >= 0.3 is 6.16 Å². The van der Waals surface area contributed by atoms with Crippen LogP contribution in [-0.4, -0.2) is 64.4 Å². The third-order valence-electron chi connectivity index (χ3n) is 10.7. The smallest absolute Gasteiger partial charge is 0.426 e. The second-order valence-electron chi connectivity index (χ2n) is 13.5. The van der Waals surface area contributed by atoms with Crippen LogP contribution in [0.1, 0.15) is 72.8 Å². The maximum absolute atomic E-state index is 13.1. The molecule has 2 heterocycles. The third kappa shape index (κ3) is 3.71. The van der Waals surface area contributed by atoms with E-state index in [9.17, 15) is 15.0 Å². The molecule has 0 radical (unpaired) electrons. The molecule has 8 heteroatoms. The van der Waals surface area contributed by atoms with Crippen molar-refractivity contribution in [3.8, 4) is 0 Å². The predicted octanol–water partition coefficient (Wildman–Crippen LogP) is 4.66. The number of hydrogen-bond acceptors (Lipinski definition) is 8. The van der Waals surface area contributed by atoms with Gasteiger partial charge in [0.1, 0.15) is 11.7 Å². The second kappa shape index (κ2) is 8.76. The van der Waals surface area contributed by atoms with Gasteiger partial charge in [-0.3, -0.25) is 0 Å². The van der Waals surface area contributed by atoms with Gasteiger partial charge in [0.05, 0.1) is 25.4 Å². The molecule has 0 amide bonds.